The summed E-state index contributed by atoms with van der Waals surface area (Å²) in [5.41, 5.74) is 0.983. The minimum Gasteiger partial charge on any atom is -0.461 e. The van der Waals surface area contributed by atoms with E-state index in [9.17, 15) is 4.79 Å². The molecule has 0 radical (unpaired) electrons. The maximum Gasteiger partial charge on any atom is 0.308 e. The van der Waals surface area contributed by atoms with Crippen LogP contribution in [0.25, 0.3) is 0 Å². The summed E-state index contributed by atoms with van der Waals surface area (Å²) in [7, 11) is -3.89. The van der Waals surface area contributed by atoms with Crippen molar-refractivity contribution in [2.45, 2.75) is 185 Å². The second-order valence-electron chi connectivity index (χ2n) is 17.2. The number of carbonyl (C=O) groups is 1. The molecule has 0 N–H and O–H groups in total. The van der Waals surface area contributed by atoms with Crippen LogP contribution in [0.1, 0.15) is 99.5 Å². The summed E-state index contributed by atoms with van der Waals surface area (Å²) in [5, 5.41) is 0.124. The topological polar surface area (TPSA) is 81.7 Å². The van der Waals surface area contributed by atoms with Gasteiger partial charge in [-0.25, -0.2) is 0 Å². The fourth-order valence-electron chi connectivity index (χ4n) is 8.36. The van der Waals surface area contributed by atoms with Gasteiger partial charge in [0.05, 0.1) is 55.8 Å². The molecule has 0 aliphatic carbocycles. The van der Waals surface area contributed by atoms with E-state index in [4.69, 9.17) is 32.5 Å². The molecule has 4 aliphatic rings. The molecule has 0 bridgehead atoms. The average Bonchev–Trinajstić information content (AvgIpc) is 3.46. The molecule has 10 heteroatoms. The molecule has 4 heterocycles. The lowest BCUT2D eigenvalue weighted by molar-refractivity contribution is -0.362. The van der Waals surface area contributed by atoms with Crippen LogP contribution in [0.2, 0.25) is 36.3 Å². The molecule has 49 heavy (non-hydrogen) atoms. The van der Waals surface area contributed by atoms with Gasteiger partial charge >= 0.3 is 5.97 Å². The summed E-state index contributed by atoms with van der Waals surface area (Å²) in [6.07, 6.45) is 3.61. The van der Waals surface area contributed by atoms with Gasteiger partial charge in [-0.1, -0.05) is 85.7 Å². The molecule has 5 rings (SSSR count). The van der Waals surface area contributed by atoms with E-state index in [0.717, 1.165) is 55.8 Å². The van der Waals surface area contributed by atoms with Gasteiger partial charge in [-0.2, -0.15) is 0 Å². The third-order valence-corrected chi connectivity index (χ3v) is 21.6. The third-order valence-electron chi connectivity index (χ3n) is 12.5. The van der Waals surface area contributed by atoms with E-state index in [1.807, 2.05) is 30.3 Å². The number of fused-ring (bicyclic) bond motifs is 2. The first kappa shape index (κ1) is 39.1. The normalized spacial score (nSPS) is 34.3. The Bertz CT molecular complexity index is 1210. The van der Waals surface area contributed by atoms with E-state index < -0.39 is 22.4 Å². The quantitative estimate of drug-likeness (QED) is 0.148. The van der Waals surface area contributed by atoms with Gasteiger partial charge in [0.2, 0.25) is 0 Å². The fourth-order valence-corrected chi connectivity index (χ4v) is 12.2. The molecule has 1 aromatic rings. The number of esters is 1. The van der Waals surface area contributed by atoms with Gasteiger partial charge in [0.25, 0.3) is 0 Å². The highest BCUT2D eigenvalue weighted by Crippen LogP contribution is 2.49. The molecule has 4 aliphatic heterocycles. The van der Waals surface area contributed by atoms with E-state index in [2.05, 4.69) is 68.5 Å². The Morgan fingerprint density at radius 3 is 2.24 bits per heavy atom. The number of benzene rings is 1. The summed E-state index contributed by atoms with van der Waals surface area (Å²) >= 11 is 0. The minimum atomic E-state index is -1.98. The highest BCUT2D eigenvalue weighted by Gasteiger charge is 2.56. The van der Waals surface area contributed by atoms with Gasteiger partial charge in [-0.15, -0.1) is 0 Å². The molecular formula is C39H66O8Si2. The predicted octanol–water partition coefficient (Wildman–Crippen LogP) is 8.78. The Hall–Kier alpha value is -1.12. The molecule has 10 atom stereocenters. The van der Waals surface area contributed by atoms with Crippen molar-refractivity contribution in [3.8, 4) is 0 Å². The molecule has 4 saturated heterocycles. The standard InChI is InChI=1S/C39H66O8Si2/c1-11-49(12-2,13-3)47-35(26-42-48(9,10)38(6,7)8)33-21-32-31(43-33)22-34-37(44-32)28(5)24-39(46-34)23-27(4)19-30(45-39)20-36(40)41-25-29-17-15-14-16-18-29/h14-18,27-28,30-35,37H,11-13,19-26H2,1-10H3/t27-,28+,30-,31-,32-,33?,34+,35?,37+,39-/m1/s1. The van der Waals surface area contributed by atoms with Crippen molar-refractivity contribution in [2.24, 2.45) is 11.8 Å². The molecule has 4 fully saturated rings. The molecule has 0 saturated carbocycles. The van der Waals surface area contributed by atoms with Gasteiger partial charge in [-0.3, -0.25) is 4.79 Å². The Labute approximate surface area is 298 Å². The predicted molar refractivity (Wildman–Crippen MR) is 197 cm³/mol. The summed E-state index contributed by atoms with van der Waals surface area (Å²) in [6, 6.07) is 13.1. The molecule has 2 unspecified atom stereocenters. The van der Waals surface area contributed by atoms with Crippen molar-refractivity contribution in [1.29, 1.82) is 0 Å². The number of hydrogen-bond acceptors (Lipinski definition) is 8. The van der Waals surface area contributed by atoms with Crippen LogP contribution in [-0.2, 0) is 43.9 Å². The third kappa shape index (κ3) is 9.28. The first-order chi connectivity index (χ1) is 23.1. The van der Waals surface area contributed by atoms with E-state index in [-0.39, 0.29) is 72.7 Å². The number of carbonyl (C=O) groups excluding carboxylic acids is 1. The summed E-state index contributed by atoms with van der Waals surface area (Å²) in [4.78, 5) is 12.9. The smallest absolute Gasteiger partial charge is 0.308 e. The van der Waals surface area contributed by atoms with E-state index in [0.29, 0.717) is 12.5 Å². The molecule has 0 amide bonds. The van der Waals surface area contributed by atoms with E-state index >= 15 is 0 Å². The second kappa shape index (κ2) is 15.9. The van der Waals surface area contributed by atoms with Crippen molar-refractivity contribution < 1.29 is 37.3 Å². The number of hydrogen-bond donors (Lipinski definition) is 0. The van der Waals surface area contributed by atoms with Gasteiger partial charge in [-0.05, 0) is 60.1 Å². The van der Waals surface area contributed by atoms with Crippen LogP contribution in [0.15, 0.2) is 30.3 Å². The lowest BCUT2D eigenvalue weighted by atomic mass is 9.79. The maximum absolute atomic E-state index is 12.9. The SMILES string of the molecule is CC[Si](CC)(CC)OC(CO[Si](C)(C)C(C)(C)C)C1C[C@H]2O[C@@H]3[C@H](C[C@H]2O1)O[C@]1(C[C@H](C)C[C@H](CC(=O)OCc2ccccc2)O1)C[C@@H]3C. The summed E-state index contributed by atoms with van der Waals surface area (Å²) < 4.78 is 47.1. The van der Waals surface area contributed by atoms with Gasteiger partial charge in [0.1, 0.15) is 6.61 Å². The van der Waals surface area contributed by atoms with E-state index in [1.165, 1.54) is 0 Å². The van der Waals surface area contributed by atoms with Crippen molar-refractivity contribution >= 4 is 22.6 Å². The number of ether oxygens (including phenoxy) is 5. The molecule has 1 aromatic carbocycles. The second-order valence-corrected chi connectivity index (χ2v) is 26.7. The van der Waals surface area contributed by atoms with Crippen LogP contribution in [0.5, 0.6) is 0 Å². The Balaban J connectivity index is 1.24. The van der Waals surface area contributed by atoms with Crippen LogP contribution < -0.4 is 0 Å². The highest BCUT2D eigenvalue weighted by molar-refractivity contribution is 6.74. The Kier molecular flexibility index (Phi) is 12.7. The molecule has 8 nitrogen and oxygen atoms in total. The lowest BCUT2D eigenvalue weighted by Crippen LogP contribution is -2.60. The monoisotopic (exact) mass is 718 g/mol. The first-order valence-electron chi connectivity index (χ1n) is 19.3. The largest absolute Gasteiger partial charge is 0.461 e. The van der Waals surface area contributed by atoms with Gasteiger partial charge < -0.3 is 32.5 Å². The maximum atomic E-state index is 12.9. The van der Waals surface area contributed by atoms with Crippen LogP contribution >= 0.6 is 0 Å². The van der Waals surface area contributed by atoms with Crippen molar-refractivity contribution in [1.82, 2.24) is 0 Å². The van der Waals surface area contributed by atoms with E-state index in [1.54, 1.807) is 0 Å². The zero-order valence-corrected chi connectivity index (χ0v) is 34.1. The van der Waals surface area contributed by atoms with Crippen LogP contribution in [0.4, 0.5) is 0 Å². The van der Waals surface area contributed by atoms with Crippen LogP contribution in [-0.4, -0.2) is 77.7 Å². The van der Waals surface area contributed by atoms with Crippen molar-refractivity contribution in [2.75, 3.05) is 6.61 Å². The summed E-state index contributed by atoms with van der Waals surface area (Å²) in [5.74, 6) is -0.338. The van der Waals surface area contributed by atoms with Crippen molar-refractivity contribution in [3.63, 3.8) is 0 Å². The van der Waals surface area contributed by atoms with Crippen molar-refractivity contribution in [3.05, 3.63) is 35.9 Å². The van der Waals surface area contributed by atoms with Crippen LogP contribution in [0, 0.1) is 11.8 Å². The highest BCUT2D eigenvalue weighted by atomic mass is 28.4. The number of rotatable bonds is 13. The average molecular weight is 719 g/mol. The van der Waals surface area contributed by atoms with Gasteiger partial charge in [0.15, 0.2) is 22.4 Å². The molecule has 278 valence electrons. The zero-order chi connectivity index (χ0) is 35.6. The van der Waals surface area contributed by atoms with Crippen LogP contribution in [0.3, 0.4) is 0 Å². The lowest BCUT2D eigenvalue weighted by Gasteiger charge is -2.54. The molecule has 0 aromatic heterocycles. The van der Waals surface area contributed by atoms with Gasteiger partial charge in [0, 0.05) is 25.7 Å². The fraction of sp³-hybridized carbons (Fsp3) is 0.821. The molecular weight excluding hydrogens is 653 g/mol. The Morgan fingerprint density at radius 1 is 0.918 bits per heavy atom. The molecule has 1 spiro atoms. The summed E-state index contributed by atoms with van der Waals surface area (Å²) in [6.45, 7) is 23.7. The minimum absolute atomic E-state index is 0.0115. The zero-order valence-electron chi connectivity index (χ0n) is 32.1. The first-order valence-corrected chi connectivity index (χ1v) is 24.7. The Morgan fingerprint density at radius 2 is 1.59 bits per heavy atom.